The fourth-order valence-corrected chi connectivity index (χ4v) is 1.92. The molecule has 0 aliphatic rings. The SMILES string of the molecule is COc1ccc(NC(=O)[C@@H](C)OC(=O)c2cccc(C#N)c2)cc1. The maximum atomic E-state index is 12.1. The van der Waals surface area contributed by atoms with Crippen LogP contribution < -0.4 is 10.1 Å². The topological polar surface area (TPSA) is 88.4 Å². The number of anilines is 1. The van der Waals surface area contributed by atoms with Crippen molar-refractivity contribution >= 4 is 17.6 Å². The summed E-state index contributed by atoms with van der Waals surface area (Å²) in [6, 6.07) is 14.8. The lowest BCUT2D eigenvalue weighted by Gasteiger charge is -2.14. The molecule has 0 heterocycles. The lowest BCUT2D eigenvalue weighted by Crippen LogP contribution is -2.30. The van der Waals surface area contributed by atoms with Crippen molar-refractivity contribution in [3.8, 4) is 11.8 Å². The van der Waals surface area contributed by atoms with Gasteiger partial charge in [0.2, 0.25) is 0 Å². The summed E-state index contributed by atoms with van der Waals surface area (Å²) in [4.78, 5) is 24.1. The Labute approximate surface area is 139 Å². The number of hydrogen-bond acceptors (Lipinski definition) is 5. The van der Waals surface area contributed by atoms with Gasteiger partial charge in [-0.05, 0) is 49.4 Å². The van der Waals surface area contributed by atoms with E-state index >= 15 is 0 Å². The third-order valence-corrected chi connectivity index (χ3v) is 3.24. The number of rotatable bonds is 5. The van der Waals surface area contributed by atoms with E-state index in [-0.39, 0.29) is 5.56 Å². The summed E-state index contributed by atoms with van der Waals surface area (Å²) in [5, 5.41) is 11.5. The van der Waals surface area contributed by atoms with Crippen molar-refractivity contribution in [2.24, 2.45) is 0 Å². The van der Waals surface area contributed by atoms with Gasteiger partial charge in [-0.2, -0.15) is 5.26 Å². The summed E-state index contributed by atoms with van der Waals surface area (Å²) in [5.41, 5.74) is 1.13. The maximum absolute atomic E-state index is 12.1. The summed E-state index contributed by atoms with van der Waals surface area (Å²) in [6.45, 7) is 1.48. The molecule has 0 aromatic heterocycles. The Bertz CT molecular complexity index is 778. The van der Waals surface area contributed by atoms with Gasteiger partial charge in [-0.1, -0.05) is 6.07 Å². The van der Waals surface area contributed by atoms with E-state index in [9.17, 15) is 9.59 Å². The first-order valence-corrected chi connectivity index (χ1v) is 7.19. The standard InChI is InChI=1S/C18H16N2O4/c1-12(17(21)20-15-6-8-16(23-2)9-7-15)24-18(22)14-5-3-4-13(10-14)11-19/h3-10,12H,1-2H3,(H,20,21)/t12-/m1/s1. The number of amides is 1. The molecule has 24 heavy (non-hydrogen) atoms. The van der Waals surface area contributed by atoms with Crippen molar-refractivity contribution < 1.29 is 19.1 Å². The molecule has 1 amide bonds. The third-order valence-electron chi connectivity index (χ3n) is 3.24. The fraction of sp³-hybridized carbons (Fsp3) is 0.167. The number of nitrogens with one attached hydrogen (secondary N) is 1. The lowest BCUT2D eigenvalue weighted by atomic mass is 10.1. The Morgan fingerprint density at radius 3 is 2.50 bits per heavy atom. The van der Waals surface area contributed by atoms with E-state index in [1.807, 2.05) is 6.07 Å². The first-order valence-electron chi connectivity index (χ1n) is 7.19. The van der Waals surface area contributed by atoms with E-state index in [1.54, 1.807) is 43.5 Å². The van der Waals surface area contributed by atoms with Crippen molar-refractivity contribution in [3.05, 3.63) is 59.7 Å². The summed E-state index contributed by atoms with van der Waals surface area (Å²) < 4.78 is 10.2. The van der Waals surface area contributed by atoms with Gasteiger partial charge >= 0.3 is 5.97 Å². The Balaban J connectivity index is 1.97. The van der Waals surface area contributed by atoms with E-state index in [1.165, 1.54) is 19.1 Å². The van der Waals surface area contributed by atoms with Crippen LogP contribution in [0.1, 0.15) is 22.8 Å². The number of nitriles is 1. The van der Waals surface area contributed by atoms with Gasteiger partial charge in [-0.15, -0.1) is 0 Å². The molecule has 2 aromatic rings. The molecule has 2 aromatic carbocycles. The average Bonchev–Trinajstić information content (AvgIpc) is 2.62. The molecular weight excluding hydrogens is 308 g/mol. The van der Waals surface area contributed by atoms with Gasteiger partial charge < -0.3 is 14.8 Å². The second-order valence-electron chi connectivity index (χ2n) is 4.96. The Kier molecular flexibility index (Phi) is 5.53. The minimum atomic E-state index is -0.981. The molecule has 0 saturated heterocycles. The Hall–Kier alpha value is -3.33. The Morgan fingerprint density at radius 1 is 1.17 bits per heavy atom. The highest BCUT2D eigenvalue weighted by atomic mass is 16.5. The molecule has 6 nitrogen and oxygen atoms in total. The number of carbonyl (C=O) groups excluding carboxylic acids is 2. The zero-order valence-corrected chi connectivity index (χ0v) is 13.3. The van der Waals surface area contributed by atoms with Gasteiger partial charge in [-0.3, -0.25) is 4.79 Å². The molecule has 0 unspecified atom stereocenters. The predicted octanol–water partition coefficient (Wildman–Crippen LogP) is 2.75. The highest BCUT2D eigenvalue weighted by Gasteiger charge is 2.19. The molecular formula is C18H16N2O4. The van der Waals surface area contributed by atoms with E-state index < -0.39 is 18.0 Å². The number of esters is 1. The zero-order chi connectivity index (χ0) is 17.5. The van der Waals surface area contributed by atoms with E-state index in [2.05, 4.69) is 5.32 Å². The number of hydrogen-bond donors (Lipinski definition) is 1. The van der Waals surface area contributed by atoms with Crippen LogP contribution in [0.3, 0.4) is 0 Å². The van der Waals surface area contributed by atoms with Crippen LogP contribution in [0, 0.1) is 11.3 Å². The quantitative estimate of drug-likeness (QED) is 0.854. The van der Waals surface area contributed by atoms with Crippen molar-refractivity contribution in [2.75, 3.05) is 12.4 Å². The molecule has 0 radical (unpaired) electrons. The van der Waals surface area contributed by atoms with Crippen molar-refractivity contribution in [1.29, 1.82) is 5.26 Å². The highest BCUT2D eigenvalue weighted by molar-refractivity contribution is 5.97. The van der Waals surface area contributed by atoms with Crippen LogP contribution >= 0.6 is 0 Å². The monoisotopic (exact) mass is 324 g/mol. The summed E-state index contributed by atoms with van der Waals surface area (Å²) in [6.07, 6.45) is -0.981. The minimum absolute atomic E-state index is 0.221. The Morgan fingerprint density at radius 2 is 1.88 bits per heavy atom. The average molecular weight is 324 g/mol. The van der Waals surface area contributed by atoms with Crippen LogP contribution in [-0.2, 0) is 9.53 Å². The van der Waals surface area contributed by atoms with Crippen LogP contribution in [0.4, 0.5) is 5.69 Å². The fourth-order valence-electron chi connectivity index (χ4n) is 1.92. The number of nitrogens with zero attached hydrogens (tertiary/aromatic N) is 1. The molecule has 0 aliphatic carbocycles. The van der Waals surface area contributed by atoms with Gasteiger partial charge in [0.25, 0.3) is 5.91 Å². The summed E-state index contributed by atoms with van der Waals surface area (Å²) in [7, 11) is 1.55. The molecule has 122 valence electrons. The second-order valence-corrected chi connectivity index (χ2v) is 4.96. The molecule has 1 N–H and O–H groups in total. The number of ether oxygens (including phenoxy) is 2. The van der Waals surface area contributed by atoms with Gasteiger partial charge in [0.1, 0.15) is 5.75 Å². The normalized spacial score (nSPS) is 11.0. The minimum Gasteiger partial charge on any atom is -0.497 e. The molecule has 0 aliphatic heterocycles. The summed E-state index contributed by atoms with van der Waals surface area (Å²) in [5.74, 6) is -0.445. The van der Waals surface area contributed by atoms with E-state index in [0.29, 0.717) is 17.0 Å². The third kappa shape index (κ3) is 4.34. The van der Waals surface area contributed by atoms with Gasteiger partial charge in [0, 0.05) is 5.69 Å². The van der Waals surface area contributed by atoms with E-state index in [0.717, 1.165) is 0 Å². The number of benzene rings is 2. The number of methoxy groups -OCH3 is 1. The van der Waals surface area contributed by atoms with Gasteiger partial charge in [0.05, 0.1) is 24.3 Å². The molecule has 0 fully saturated rings. The number of carbonyl (C=O) groups is 2. The van der Waals surface area contributed by atoms with Crippen molar-refractivity contribution in [2.45, 2.75) is 13.0 Å². The summed E-state index contributed by atoms with van der Waals surface area (Å²) >= 11 is 0. The predicted molar refractivity (Wildman–Crippen MR) is 87.7 cm³/mol. The van der Waals surface area contributed by atoms with Crippen LogP contribution in [0.15, 0.2) is 48.5 Å². The molecule has 0 saturated carbocycles. The molecule has 0 spiro atoms. The van der Waals surface area contributed by atoms with Crippen LogP contribution in [0.2, 0.25) is 0 Å². The second kappa shape index (κ2) is 7.79. The van der Waals surface area contributed by atoms with Crippen molar-refractivity contribution in [3.63, 3.8) is 0 Å². The van der Waals surface area contributed by atoms with E-state index in [4.69, 9.17) is 14.7 Å². The van der Waals surface area contributed by atoms with Gasteiger partial charge in [0.15, 0.2) is 6.10 Å². The molecule has 1 atom stereocenters. The van der Waals surface area contributed by atoms with Crippen LogP contribution in [0.25, 0.3) is 0 Å². The van der Waals surface area contributed by atoms with Crippen molar-refractivity contribution in [1.82, 2.24) is 0 Å². The first-order chi connectivity index (χ1) is 11.5. The molecule has 2 rings (SSSR count). The molecule has 6 heteroatoms. The lowest BCUT2D eigenvalue weighted by molar-refractivity contribution is -0.123. The zero-order valence-electron chi connectivity index (χ0n) is 13.3. The smallest absolute Gasteiger partial charge is 0.338 e. The highest BCUT2D eigenvalue weighted by Crippen LogP contribution is 2.15. The van der Waals surface area contributed by atoms with Crippen LogP contribution in [0.5, 0.6) is 5.75 Å². The maximum Gasteiger partial charge on any atom is 0.338 e. The van der Waals surface area contributed by atoms with Gasteiger partial charge in [-0.25, -0.2) is 4.79 Å². The van der Waals surface area contributed by atoms with Crippen LogP contribution in [-0.4, -0.2) is 25.1 Å². The molecule has 0 bridgehead atoms. The largest absolute Gasteiger partial charge is 0.497 e. The first kappa shape index (κ1) is 17.0.